The van der Waals surface area contributed by atoms with Crippen LogP contribution in [-0.2, 0) is 11.3 Å². The van der Waals surface area contributed by atoms with Gasteiger partial charge in [0, 0.05) is 10.6 Å². The van der Waals surface area contributed by atoms with E-state index in [1.54, 1.807) is 42.5 Å². The van der Waals surface area contributed by atoms with Crippen molar-refractivity contribution in [3.8, 4) is 11.5 Å². The lowest BCUT2D eigenvalue weighted by Crippen LogP contribution is -2.25. The summed E-state index contributed by atoms with van der Waals surface area (Å²) in [5.74, 6) is -1.12. The molecular weight excluding hydrogens is 360 g/mol. The Labute approximate surface area is 151 Å². The minimum absolute atomic E-state index is 0.00657. The fourth-order valence-corrected chi connectivity index (χ4v) is 2.52. The van der Waals surface area contributed by atoms with Crippen LogP contribution in [0.15, 0.2) is 62.2 Å². The van der Waals surface area contributed by atoms with Crippen LogP contribution in [0.1, 0.15) is 0 Å². The van der Waals surface area contributed by atoms with Crippen LogP contribution in [0, 0.1) is 0 Å². The zero-order valence-corrected chi connectivity index (χ0v) is 13.9. The number of hydrogen-bond donors (Lipinski definition) is 1. The first-order chi connectivity index (χ1) is 12.6. The quantitative estimate of drug-likeness (QED) is 0.592. The van der Waals surface area contributed by atoms with Gasteiger partial charge in [-0.15, -0.1) is 5.10 Å². The van der Waals surface area contributed by atoms with Crippen molar-refractivity contribution in [3.63, 3.8) is 0 Å². The van der Waals surface area contributed by atoms with Gasteiger partial charge in [-0.1, -0.05) is 29.8 Å². The van der Waals surface area contributed by atoms with Crippen molar-refractivity contribution in [2.45, 2.75) is 6.54 Å². The molecule has 1 amide bonds. The van der Waals surface area contributed by atoms with E-state index in [-0.39, 0.29) is 18.5 Å². The number of halogens is 1. The van der Waals surface area contributed by atoms with E-state index in [1.807, 2.05) is 6.07 Å². The lowest BCUT2D eigenvalue weighted by molar-refractivity contribution is -0.117. The predicted octanol–water partition coefficient (Wildman–Crippen LogP) is 2.94. The number of aromatic nitrogens is 3. The Morgan fingerprint density at radius 2 is 1.96 bits per heavy atom. The van der Waals surface area contributed by atoms with Crippen LogP contribution in [0.2, 0.25) is 5.02 Å². The molecule has 0 bridgehead atoms. The molecule has 0 saturated carbocycles. The number of amides is 1. The van der Waals surface area contributed by atoms with Gasteiger partial charge in [0.05, 0.1) is 0 Å². The van der Waals surface area contributed by atoms with Crippen molar-refractivity contribution in [2.24, 2.45) is 0 Å². The van der Waals surface area contributed by atoms with Gasteiger partial charge in [0.25, 0.3) is 0 Å². The minimum atomic E-state index is -0.733. The lowest BCUT2D eigenvalue weighted by atomic mass is 10.2. The molecule has 0 aliphatic rings. The first kappa shape index (κ1) is 16.1. The van der Waals surface area contributed by atoms with Gasteiger partial charge >= 0.3 is 11.8 Å². The number of carbonyl (C=O) groups excluding carboxylic acids is 1. The highest BCUT2D eigenvalue weighted by Gasteiger charge is 2.15. The van der Waals surface area contributed by atoms with Crippen molar-refractivity contribution in [1.82, 2.24) is 14.8 Å². The van der Waals surface area contributed by atoms with Gasteiger partial charge in [-0.25, -0.2) is 4.79 Å². The van der Waals surface area contributed by atoms with Crippen molar-refractivity contribution >= 4 is 34.6 Å². The van der Waals surface area contributed by atoms with Crippen molar-refractivity contribution in [1.29, 1.82) is 0 Å². The van der Waals surface area contributed by atoms with Gasteiger partial charge in [-0.3, -0.25) is 10.1 Å². The molecule has 0 atom stereocenters. The maximum Gasteiger partial charge on any atom is 0.437 e. The number of benzene rings is 2. The van der Waals surface area contributed by atoms with E-state index in [2.05, 4.69) is 15.4 Å². The number of hydrogen-bond acceptors (Lipinski definition) is 6. The van der Waals surface area contributed by atoms with E-state index in [1.165, 1.54) is 0 Å². The van der Waals surface area contributed by atoms with Gasteiger partial charge in [-0.05, 0) is 30.3 Å². The molecule has 2 aromatic carbocycles. The standard InChI is InChI=1S/C17H11ClN4O4/c18-11-6-7-13-12(8-11)19-16(25-13)20-14(23)9-22-17(24)26-15(21-22)10-4-2-1-3-5-10/h1-8H,9H2,(H,19,20,23). The van der Waals surface area contributed by atoms with Gasteiger partial charge in [0.1, 0.15) is 12.1 Å². The van der Waals surface area contributed by atoms with Crippen LogP contribution in [0.5, 0.6) is 0 Å². The number of nitrogens with zero attached hydrogens (tertiary/aromatic N) is 3. The first-order valence-electron chi connectivity index (χ1n) is 7.58. The number of anilines is 1. The highest BCUT2D eigenvalue weighted by molar-refractivity contribution is 6.31. The summed E-state index contributed by atoms with van der Waals surface area (Å²) in [4.78, 5) is 28.1. The fraction of sp³-hybridized carbons (Fsp3) is 0.0588. The molecule has 0 unspecified atom stereocenters. The highest BCUT2D eigenvalue weighted by atomic mass is 35.5. The number of carbonyl (C=O) groups is 1. The average Bonchev–Trinajstić information content (AvgIpc) is 3.18. The summed E-state index contributed by atoms with van der Waals surface area (Å²) in [6.07, 6.45) is 0. The summed E-state index contributed by atoms with van der Waals surface area (Å²) in [6.45, 7) is -0.339. The molecule has 2 heterocycles. The third-order valence-electron chi connectivity index (χ3n) is 3.52. The van der Waals surface area contributed by atoms with E-state index in [0.717, 1.165) is 4.68 Å². The van der Waals surface area contributed by atoms with Gasteiger partial charge < -0.3 is 8.83 Å². The number of fused-ring (bicyclic) bond motifs is 1. The summed E-state index contributed by atoms with van der Waals surface area (Å²) in [7, 11) is 0. The Morgan fingerprint density at radius 3 is 2.77 bits per heavy atom. The predicted molar refractivity (Wildman–Crippen MR) is 93.8 cm³/mol. The Kier molecular flexibility index (Phi) is 4.02. The topological polar surface area (TPSA) is 103 Å². The number of nitrogens with one attached hydrogen (secondary N) is 1. The van der Waals surface area contributed by atoms with Crippen LogP contribution in [0.3, 0.4) is 0 Å². The van der Waals surface area contributed by atoms with Gasteiger partial charge in [0.15, 0.2) is 5.58 Å². The molecule has 9 heteroatoms. The molecule has 0 aliphatic heterocycles. The second-order valence-corrected chi connectivity index (χ2v) is 5.81. The smallest absolute Gasteiger partial charge is 0.423 e. The molecule has 26 heavy (non-hydrogen) atoms. The SMILES string of the molecule is O=C(Cn1nc(-c2ccccc2)oc1=O)Nc1nc2cc(Cl)ccc2o1. The van der Waals surface area contributed by atoms with Gasteiger partial charge in [-0.2, -0.15) is 9.67 Å². The maximum atomic E-state index is 12.1. The maximum absolute atomic E-state index is 12.1. The van der Waals surface area contributed by atoms with Crippen LogP contribution in [-0.4, -0.2) is 20.7 Å². The Morgan fingerprint density at radius 1 is 1.15 bits per heavy atom. The molecule has 4 aromatic rings. The summed E-state index contributed by atoms with van der Waals surface area (Å²) >= 11 is 5.89. The number of rotatable bonds is 4. The highest BCUT2D eigenvalue weighted by Crippen LogP contribution is 2.22. The molecule has 8 nitrogen and oxygen atoms in total. The third kappa shape index (κ3) is 3.22. The second kappa shape index (κ2) is 6.49. The molecule has 0 spiro atoms. The van der Waals surface area contributed by atoms with E-state index in [4.69, 9.17) is 20.4 Å². The molecule has 130 valence electrons. The molecule has 0 saturated heterocycles. The molecule has 1 N–H and O–H groups in total. The molecule has 4 rings (SSSR count). The Bertz CT molecular complexity index is 1150. The Balaban J connectivity index is 1.51. The minimum Gasteiger partial charge on any atom is -0.423 e. The van der Waals surface area contributed by atoms with Crippen LogP contribution >= 0.6 is 11.6 Å². The average molecular weight is 371 g/mol. The van der Waals surface area contributed by atoms with Crippen LogP contribution in [0.25, 0.3) is 22.6 Å². The van der Waals surface area contributed by atoms with E-state index in [9.17, 15) is 9.59 Å². The van der Waals surface area contributed by atoms with E-state index >= 15 is 0 Å². The molecular formula is C17H11ClN4O4. The summed E-state index contributed by atoms with van der Waals surface area (Å²) < 4.78 is 11.4. The Hall–Kier alpha value is -3.39. The molecule has 2 aromatic heterocycles. The van der Waals surface area contributed by atoms with Crippen LogP contribution < -0.4 is 11.1 Å². The molecule has 0 radical (unpaired) electrons. The largest absolute Gasteiger partial charge is 0.437 e. The van der Waals surface area contributed by atoms with E-state index in [0.29, 0.717) is 21.7 Å². The van der Waals surface area contributed by atoms with Crippen molar-refractivity contribution in [2.75, 3.05) is 5.32 Å². The van der Waals surface area contributed by atoms with E-state index < -0.39 is 11.7 Å². The monoisotopic (exact) mass is 370 g/mol. The lowest BCUT2D eigenvalue weighted by Gasteiger charge is -1.98. The van der Waals surface area contributed by atoms with Crippen molar-refractivity contribution < 1.29 is 13.6 Å². The molecule has 0 fully saturated rings. The van der Waals surface area contributed by atoms with Crippen LogP contribution in [0.4, 0.5) is 6.01 Å². The van der Waals surface area contributed by atoms with Crippen molar-refractivity contribution in [3.05, 3.63) is 64.1 Å². The summed E-state index contributed by atoms with van der Waals surface area (Å²) in [5.41, 5.74) is 1.63. The first-order valence-corrected chi connectivity index (χ1v) is 7.95. The zero-order chi connectivity index (χ0) is 18.1. The van der Waals surface area contributed by atoms with Gasteiger partial charge in [0.2, 0.25) is 11.8 Å². The second-order valence-electron chi connectivity index (χ2n) is 5.38. The fourth-order valence-electron chi connectivity index (χ4n) is 2.35. The summed E-state index contributed by atoms with van der Waals surface area (Å²) in [5, 5.41) is 7.00. The zero-order valence-electron chi connectivity index (χ0n) is 13.2. The number of oxazole rings is 1. The molecule has 0 aliphatic carbocycles. The third-order valence-corrected chi connectivity index (χ3v) is 3.75. The normalized spacial score (nSPS) is 11.0. The summed E-state index contributed by atoms with van der Waals surface area (Å²) in [6, 6.07) is 13.8.